The van der Waals surface area contributed by atoms with Crippen LogP contribution in [0, 0.1) is 10.1 Å². The zero-order valence-electron chi connectivity index (χ0n) is 12.0. The van der Waals surface area contributed by atoms with Gasteiger partial charge in [0.15, 0.2) is 0 Å². The standard InChI is InChI=1S/C14H20N4O3/c1-17(12-4-6-16-7-5-12)9-11-3-2-10(14(15)19)8-13(11)18(20)21/h2-3,8,12,16H,4-7,9H2,1H3,(H2,15,19). The topological polar surface area (TPSA) is 102 Å². The maximum Gasteiger partial charge on any atom is 0.274 e. The van der Waals surface area contributed by atoms with Crippen molar-refractivity contribution in [2.24, 2.45) is 5.73 Å². The Bertz CT molecular complexity index is 541. The SMILES string of the molecule is CN(Cc1ccc(C(N)=O)cc1[N+](=O)[O-])C1CCNCC1. The molecule has 0 aliphatic carbocycles. The van der Waals surface area contributed by atoms with Gasteiger partial charge in [-0.25, -0.2) is 0 Å². The molecular formula is C14H20N4O3. The molecule has 1 aromatic rings. The van der Waals surface area contributed by atoms with E-state index in [-0.39, 0.29) is 11.3 Å². The van der Waals surface area contributed by atoms with E-state index in [1.165, 1.54) is 6.07 Å². The Hall–Kier alpha value is -1.99. The molecule has 0 saturated carbocycles. The van der Waals surface area contributed by atoms with Crippen LogP contribution in [0.15, 0.2) is 18.2 Å². The predicted molar refractivity (Wildman–Crippen MR) is 79.0 cm³/mol. The number of nitro benzene ring substituents is 1. The number of benzene rings is 1. The average molecular weight is 292 g/mol. The average Bonchev–Trinajstić information content (AvgIpc) is 2.48. The summed E-state index contributed by atoms with van der Waals surface area (Å²) in [6.45, 7) is 2.43. The zero-order valence-corrected chi connectivity index (χ0v) is 12.0. The van der Waals surface area contributed by atoms with Gasteiger partial charge in [0.2, 0.25) is 5.91 Å². The summed E-state index contributed by atoms with van der Waals surface area (Å²) in [6.07, 6.45) is 2.06. The first kappa shape index (κ1) is 15.4. The van der Waals surface area contributed by atoms with Crippen molar-refractivity contribution >= 4 is 11.6 Å². The first-order valence-corrected chi connectivity index (χ1v) is 6.97. The van der Waals surface area contributed by atoms with E-state index in [4.69, 9.17) is 5.73 Å². The van der Waals surface area contributed by atoms with Gasteiger partial charge in [0.25, 0.3) is 5.69 Å². The van der Waals surface area contributed by atoms with E-state index in [1.54, 1.807) is 12.1 Å². The Morgan fingerprint density at radius 3 is 2.71 bits per heavy atom. The van der Waals surface area contributed by atoms with Gasteiger partial charge in [0.1, 0.15) is 0 Å². The second-order valence-electron chi connectivity index (χ2n) is 5.36. The van der Waals surface area contributed by atoms with Crippen LogP contribution >= 0.6 is 0 Å². The molecule has 0 bridgehead atoms. The Kier molecular flexibility index (Phi) is 4.87. The van der Waals surface area contributed by atoms with E-state index >= 15 is 0 Å². The molecule has 1 heterocycles. The summed E-state index contributed by atoms with van der Waals surface area (Å²) in [7, 11) is 1.97. The normalized spacial score (nSPS) is 16.1. The zero-order chi connectivity index (χ0) is 15.4. The highest BCUT2D eigenvalue weighted by Crippen LogP contribution is 2.23. The molecule has 1 saturated heterocycles. The second-order valence-corrected chi connectivity index (χ2v) is 5.36. The summed E-state index contributed by atoms with van der Waals surface area (Å²) < 4.78 is 0. The third-order valence-corrected chi connectivity index (χ3v) is 3.92. The highest BCUT2D eigenvalue weighted by atomic mass is 16.6. The van der Waals surface area contributed by atoms with Crippen LogP contribution in [0.25, 0.3) is 0 Å². The van der Waals surface area contributed by atoms with Gasteiger partial charge in [-0.1, -0.05) is 6.07 Å². The van der Waals surface area contributed by atoms with Crippen molar-refractivity contribution in [1.82, 2.24) is 10.2 Å². The van der Waals surface area contributed by atoms with E-state index in [2.05, 4.69) is 10.2 Å². The third kappa shape index (κ3) is 3.77. The lowest BCUT2D eigenvalue weighted by Gasteiger charge is -2.31. The van der Waals surface area contributed by atoms with E-state index < -0.39 is 10.8 Å². The Morgan fingerprint density at radius 1 is 1.48 bits per heavy atom. The van der Waals surface area contributed by atoms with Crippen LogP contribution in [-0.2, 0) is 6.54 Å². The molecule has 1 aliphatic rings. The van der Waals surface area contributed by atoms with Gasteiger partial charge in [0.05, 0.1) is 4.92 Å². The fourth-order valence-electron chi connectivity index (χ4n) is 2.67. The maximum atomic E-state index is 11.2. The maximum absolute atomic E-state index is 11.2. The van der Waals surface area contributed by atoms with Crippen LogP contribution in [0.1, 0.15) is 28.8 Å². The first-order valence-electron chi connectivity index (χ1n) is 6.97. The molecule has 0 radical (unpaired) electrons. The van der Waals surface area contributed by atoms with Gasteiger partial charge < -0.3 is 11.1 Å². The number of primary amides is 1. The summed E-state index contributed by atoms with van der Waals surface area (Å²) in [6, 6.07) is 4.84. The van der Waals surface area contributed by atoms with E-state index in [9.17, 15) is 14.9 Å². The quantitative estimate of drug-likeness (QED) is 0.619. The molecule has 0 atom stereocenters. The molecule has 21 heavy (non-hydrogen) atoms. The summed E-state index contributed by atoms with van der Waals surface area (Å²) in [4.78, 5) is 24.0. The van der Waals surface area contributed by atoms with Crippen LogP contribution in [0.3, 0.4) is 0 Å². The van der Waals surface area contributed by atoms with Crippen LogP contribution in [0.5, 0.6) is 0 Å². The molecule has 0 unspecified atom stereocenters. The van der Waals surface area contributed by atoms with Gasteiger partial charge in [-0.3, -0.25) is 19.8 Å². The number of amides is 1. The number of nitro groups is 1. The highest BCUT2D eigenvalue weighted by Gasteiger charge is 2.22. The van der Waals surface area contributed by atoms with Crippen LogP contribution in [0.4, 0.5) is 5.69 Å². The molecule has 1 fully saturated rings. The number of hydrogen-bond acceptors (Lipinski definition) is 5. The fraction of sp³-hybridized carbons (Fsp3) is 0.500. The van der Waals surface area contributed by atoms with Crippen LogP contribution in [0.2, 0.25) is 0 Å². The lowest BCUT2D eigenvalue weighted by atomic mass is 10.0. The molecule has 0 aromatic heterocycles. The Morgan fingerprint density at radius 2 is 2.14 bits per heavy atom. The molecule has 114 valence electrons. The van der Waals surface area contributed by atoms with E-state index in [0.29, 0.717) is 18.2 Å². The number of carbonyl (C=O) groups is 1. The van der Waals surface area contributed by atoms with Gasteiger partial charge in [-0.05, 0) is 39.0 Å². The van der Waals surface area contributed by atoms with Crippen molar-refractivity contribution in [2.75, 3.05) is 20.1 Å². The van der Waals surface area contributed by atoms with Crippen molar-refractivity contribution in [3.63, 3.8) is 0 Å². The van der Waals surface area contributed by atoms with Crippen molar-refractivity contribution in [3.8, 4) is 0 Å². The number of hydrogen-bond donors (Lipinski definition) is 2. The van der Waals surface area contributed by atoms with Crippen LogP contribution in [-0.4, -0.2) is 41.9 Å². The summed E-state index contributed by atoms with van der Waals surface area (Å²) in [5, 5.41) is 14.5. The lowest BCUT2D eigenvalue weighted by molar-refractivity contribution is -0.385. The van der Waals surface area contributed by atoms with E-state index in [0.717, 1.165) is 25.9 Å². The number of rotatable bonds is 5. The molecule has 1 aliphatic heterocycles. The molecule has 1 amide bonds. The number of carbonyl (C=O) groups excluding carboxylic acids is 1. The number of nitrogens with zero attached hydrogens (tertiary/aromatic N) is 2. The molecule has 0 spiro atoms. The summed E-state index contributed by atoms with van der Waals surface area (Å²) in [5.74, 6) is -0.656. The molecule has 3 N–H and O–H groups in total. The third-order valence-electron chi connectivity index (χ3n) is 3.92. The Balaban J connectivity index is 2.18. The monoisotopic (exact) mass is 292 g/mol. The molecule has 1 aromatic carbocycles. The molecule has 7 nitrogen and oxygen atoms in total. The van der Waals surface area contributed by atoms with Crippen LogP contribution < -0.4 is 11.1 Å². The van der Waals surface area contributed by atoms with Crippen molar-refractivity contribution in [3.05, 3.63) is 39.4 Å². The van der Waals surface area contributed by atoms with Crippen molar-refractivity contribution in [2.45, 2.75) is 25.4 Å². The van der Waals surface area contributed by atoms with Gasteiger partial charge in [0, 0.05) is 29.8 Å². The molecular weight excluding hydrogens is 272 g/mol. The van der Waals surface area contributed by atoms with E-state index in [1.807, 2.05) is 7.05 Å². The van der Waals surface area contributed by atoms with Crippen molar-refractivity contribution < 1.29 is 9.72 Å². The van der Waals surface area contributed by atoms with Crippen molar-refractivity contribution in [1.29, 1.82) is 0 Å². The lowest BCUT2D eigenvalue weighted by Crippen LogP contribution is -2.40. The summed E-state index contributed by atoms with van der Waals surface area (Å²) >= 11 is 0. The fourth-order valence-corrected chi connectivity index (χ4v) is 2.67. The minimum atomic E-state index is -0.656. The van der Waals surface area contributed by atoms with Gasteiger partial charge in [-0.2, -0.15) is 0 Å². The predicted octanol–water partition coefficient (Wildman–Crippen LogP) is 0.878. The molecule has 7 heteroatoms. The number of nitrogens with one attached hydrogen (secondary N) is 1. The molecule has 2 rings (SSSR count). The number of piperidine rings is 1. The second kappa shape index (κ2) is 6.64. The highest BCUT2D eigenvalue weighted by molar-refractivity contribution is 5.93. The smallest absolute Gasteiger partial charge is 0.274 e. The summed E-state index contributed by atoms with van der Waals surface area (Å²) in [5.41, 5.74) is 5.89. The largest absolute Gasteiger partial charge is 0.366 e. The number of nitrogens with two attached hydrogens (primary N) is 1. The minimum Gasteiger partial charge on any atom is -0.366 e. The first-order chi connectivity index (χ1) is 9.99. The Labute approximate surface area is 123 Å². The van der Waals surface area contributed by atoms with Gasteiger partial charge in [-0.15, -0.1) is 0 Å². The van der Waals surface area contributed by atoms with Gasteiger partial charge >= 0.3 is 0 Å². The minimum absolute atomic E-state index is 0.0490.